The van der Waals surface area contributed by atoms with Crippen LogP contribution in [0.4, 0.5) is 0 Å². The number of hydrogen-bond acceptors (Lipinski definition) is 5. The van der Waals surface area contributed by atoms with Crippen LogP contribution < -0.4 is 14.2 Å². The molecule has 1 aliphatic heterocycles. The second-order valence-electron chi connectivity index (χ2n) is 5.12. The lowest BCUT2D eigenvalue weighted by Crippen LogP contribution is -1.98. The van der Waals surface area contributed by atoms with E-state index in [1.807, 2.05) is 42.5 Å². The molecule has 118 valence electrons. The van der Waals surface area contributed by atoms with Crippen LogP contribution in [0, 0.1) is 0 Å². The zero-order valence-electron chi connectivity index (χ0n) is 12.5. The SMILES string of the molecule is c1ccc2[nH]c(SCCCOc3ccc4c(c3)OCO4)nc2c1. The van der Waals surface area contributed by atoms with Crippen LogP contribution in [0.5, 0.6) is 17.2 Å². The molecule has 5 nitrogen and oxygen atoms in total. The lowest BCUT2D eigenvalue weighted by molar-refractivity contribution is 0.173. The van der Waals surface area contributed by atoms with E-state index in [0.29, 0.717) is 6.61 Å². The van der Waals surface area contributed by atoms with Crippen molar-refractivity contribution in [1.82, 2.24) is 9.97 Å². The zero-order valence-corrected chi connectivity index (χ0v) is 13.3. The number of rotatable bonds is 6. The van der Waals surface area contributed by atoms with Gasteiger partial charge >= 0.3 is 0 Å². The van der Waals surface area contributed by atoms with Gasteiger partial charge in [0.05, 0.1) is 17.6 Å². The van der Waals surface area contributed by atoms with Crippen LogP contribution in [-0.2, 0) is 0 Å². The number of fused-ring (bicyclic) bond motifs is 2. The summed E-state index contributed by atoms with van der Waals surface area (Å²) in [5.41, 5.74) is 2.08. The molecule has 0 saturated carbocycles. The van der Waals surface area contributed by atoms with Gasteiger partial charge in [0.25, 0.3) is 0 Å². The first kappa shape index (κ1) is 14.3. The summed E-state index contributed by atoms with van der Waals surface area (Å²) in [6, 6.07) is 13.7. The van der Waals surface area contributed by atoms with Gasteiger partial charge in [0.15, 0.2) is 16.7 Å². The molecule has 0 radical (unpaired) electrons. The monoisotopic (exact) mass is 328 g/mol. The average molecular weight is 328 g/mol. The number of H-pyrrole nitrogens is 1. The third kappa shape index (κ3) is 3.22. The number of nitrogens with one attached hydrogen (secondary N) is 1. The molecule has 0 bridgehead atoms. The van der Waals surface area contributed by atoms with Gasteiger partial charge in [-0.25, -0.2) is 4.98 Å². The minimum absolute atomic E-state index is 0.285. The molecular weight excluding hydrogens is 312 g/mol. The molecule has 0 fully saturated rings. The fraction of sp³-hybridized carbons (Fsp3) is 0.235. The number of ether oxygens (including phenoxy) is 3. The summed E-state index contributed by atoms with van der Waals surface area (Å²) in [7, 11) is 0. The van der Waals surface area contributed by atoms with Gasteiger partial charge in [-0.3, -0.25) is 0 Å². The van der Waals surface area contributed by atoms with E-state index in [0.717, 1.165) is 45.6 Å². The van der Waals surface area contributed by atoms with Crippen LogP contribution in [0.15, 0.2) is 47.6 Å². The van der Waals surface area contributed by atoms with Crippen LogP contribution in [-0.4, -0.2) is 29.1 Å². The largest absolute Gasteiger partial charge is 0.493 e. The van der Waals surface area contributed by atoms with Gasteiger partial charge in [0.2, 0.25) is 6.79 Å². The Morgan fingerprint density at radius 2 is 2.04 bits per heavy atom. The molecule has 1 N–H and O–H groups in total. The second-order valence-corrected chi connectivity index (χ2v) is 6.21. The van der Waals surface area contributed by atoms with Crippen LogP contribution in [0.3, 0.4) is 0 Å². The van der Waals surface area contributed by atoms with E-state index in [1.165, 1.54) is 0 Å². The van der Waals surface area contributed by atoms with E-state index in [2.05, 4.69) is 9.97 Å². The van der Waals surface area contributed by atoms with E-state index in [-0.39, 0.29) is 6.79 Å². The number of imidazole rings is 1. The molecule has 0 aliphatic carbocycles. The van der Waals surface area contributed by atoms with Crippen LogP contribution >= 0.6 is 11.8 Å². The van der Waals surface area contributed by atoms with Gasteiger partial charge in [-0.05, 0) is 30.7 Å². The minimum Gasteiger partial charge on any atom is -0.493 e. The van der Waals surface area contributed by atoms with Crippen LogP contribution in [0.1, 0.15) is 6.42 Å². The Kier molecular flexibility index (Phi) is 3.98. The van der Waals surface area contributed by atoms with Crippen molar-refractivity contribution in [2.45, 2.75) is 11.6 Å². The fourth-order valence-corrected chi connectivity index (χ4v) is 3.18. The standard InChI is InChI=1S/C17H16N2O3S/c1-2-5-14-13(4-1)18-17(19-14)23-9-3-8-20-12-6-7-15-16(10-12)22-11-21-15/h1-2,4-7,10H,3,8-9,11H2,(H,18,19). The highest BCUT2D eigenvalue weighted by Crippen LogP contribution is 2.35. The maximum atomic E-state index is 5.75. The molecule has 0 unspecified atom stereocenters. The molecule has 2 aromatic carbocycles. The number of aromatic nitrogens is 2. The van der Waals surface area contributed by atoms with Crippen molar-refractivity contribution in [2.24, 2.45) is 0 Å². The topological polar surface area (TPSA) is 56.4 Å². The van der Waals surface area contributed by atoms with Gasteiger partial charge in [0, 0.05) is 11.8 Å². The van der Waals surface area contributed by atoms with Crippen molar-refractivity contribution in [3.63, 3.8) is 0 Å². The predicted molar refractivity (Wildman–Crippen MR) is 89.5 cm³/mol. The highest BCUT2D eigenvalue weighted by atomic mass is 32.2. The first-order chi connectivity index (χ1) is 11.4. The first-order valence-electron chi connectivity index (χ1n) is 7.48. The van der Waals surface area contributed by atoms with E-state index >= 15 is 0 Å². The number of thioether (sulfide) groups is 1. The Bertz CT molecular complexity index is 785. The number of aromatic amines is 1. The molecule has 23 heavy (non-hydrogen) atoms. The van der Waals surface area contributed by atoms with E-state index in [4.69, 9.17) is 14.2 Å². The lowest BCUT2D eigenvalue weighted by Gasteiger charge is -2.06. The third-order valence-electron chi connectivity index (χ3n) is 3.51. The Morgan fingerprint density at radius 3 is 3.00 bits per heavy atom. The summed E-state index contributed by atoms with van der Waals surface area (Å²) in [5.74, 6) is 3.28. The van der Waals surface area contributed by atoms with Crippen molar-refractivity contribution >= 4 is 22.8 Å². The summed E-state index contributed by atoms with van der Waals surface area (Å²) >= 11 is 1.71. The molecule has 6 heteroatoms. The molecule has 0 amide bonds. The van der Waals surface area contributed by atoms with Crippen LogP contribution in [0.25, 0.3) is 11.0 Å². The second kappa shape index (κ2) is 6.42. The fourth-order valence-electron chi connectivity index (χ4n) is 2.38. The minimum atomic E-state index is 0.285. The molecule has 0 atom stereocenters. The number of para-hydroxylation sites is 2. The molecule has 0 spiro atoms. The predicted octanol–water partition coefficient (Wildman–Crippen LogP) is 3.85. The van der Waals surface area contributed by atoms with Crippen molar-refractivity contribution in [1.29, 1.82) is 0 Å². The van der Waals surface area contributed by atoms with Gasteiger partial charge in [-0.15, -0.1) is 0 Å². The molecule has 1 aromatic heterocycles. The van der Waals surface area contributed by atoms with Gasteiger partial charge in [-0.2, -0.15) is 0 Å². The van der Waals surface area contributed by atoms with Gasteiger partial charge in [-0.1, -0.05) is 23.9 Å². The van der Waals surface area contributed by atoms with E-state index in [1.54, 1.807) is 11.8 Å². The van der Waals surface area contributed by atoms with Gasteiger partial charge < -0.3 is 19.2 Å². The Morgan fingerprint density at radius 1 is 1.13 bits per heavy atom. The highest BCUT2D eigenvalue weighted by Gasteiger charge is 2.13. The molecule has 2 heterocycles. The molecule has 3 aromatic rings. The Labute approximate surface area is 138 Å². The Balaban J connectivity index is 1.24. The quantitative estimate of drug-likeness (QED) is 0.550. The molecule has 0 saturated heterocycles. The lowest BCUT2D eigenvalue weighted by atomic mass is 10.3. The van der Waals surface area contributed by atoms with E-state index in [9.17, 15) is 0 Å². The summed E-state index contributed by atoms with van der Waals surface area (Å²) in [4.78, 5) is 7.86. The smallest absolute Gasteiger partial charge is 0.231 e. The first-order valence-corrected chi connectivity index (χ1v) is 8.47. The summed E-state index contributed by atoms with van der Waals surface area (Å²) < 4.78 is 16.4. The molecular formula is C17H16N2O3S. The molecule has 1 aliphatic rings. The van der Waals surface area contributed by atoms with Crippen LogP contribution in [0.2, 0.25) is 0 Å². The number of benzene rings is 2. The Hall–Kier alpha value is -2.34. The highest BCUT2D eigenvalue weighted by molar-refractivity contribution is 7.99. The summed E-state index contributed by atoms with van der Waals surface area (Å²) in [6.07, 6.45) is 0.941. The van der Waals surface area contributed by atoms with Crippen molar-refractivity contribution in [3.8, 4) is 17.2 Å². The average Bonchev–Trinajstić information content (AvgIpc) is 3.20. The van der Waals surface area contributed by atoms with E-state index < -0.39 is 0 Å². The van der Waals surface area contributed by atoms with Crippen molar-refractivity contribution < 1.29 is 14.2 Å². The molecule has 4 rings (SSSR count). The number of hydrogen-bond donors (Lipinski definition) is 1. The van der Waals surface area contributed by atoms with Crippen molar-refractivity contribution in [3.05, 3.63) is 42.5 Å². The summed E-state index contributed by atoms with van der Waals surface area (Å²) in [6.45, 7) is 0.944. The van der Waals surface area contributed by atoms with Crippen molar-refractivity contribution in [2.75, 3.05) is 19.2 Å². The normalized spacial score (nSPS) is 12.7. The zero-order chi connectivity index (χ0) is 15.5. The summed E-state index contributed by atoms with van der Waals surface area (Å²) in [5, 5.41) is 0.953. The maximum Gasteiger partial charge on any atom is 0.231 e. The maximum absolute atomic E-state index is 5.75. The number of nitrogens with zero attached hydrogens (tertiary/aromatic N) is 1. The third-order valence-corrected chi connectivity index (χ3v) is 4.47. The van der Waals surface area contributed by atoms with Gasteiger partial charge in [0.1, 0.15) is 5.75 Å².